The summed E-state index contributed by atoms with van der Waals surface area (Å²) in [7, 11) is 0. The Balaban J connectivity index is 1.87. The van der Waals surface area contributed by atoms with Crippen LogP contribution in [0.25, 0.3) is 10.9 Å². The van der Waals surface area contributed by atoms with Crippen LogP contribution in [0.2, 0.25) is 0 Å². The van der Waals surface area contributed by atoms with E-state index in [9.17, 15) is 9.59 Å². The number of pyridine rings is 1. The largest absolute Gasteiger partial charge is 0.462 e. The number of nitrogen functional groups attached to an aromatic ring is 1. The van der Waals surface area contributed by atoms with Gasteiger partial charge in [-0.1, -0.05) is 32.9 Å². The Morgan fingerprint density at radius 3 is 2.41 bits per heavy atom. The van der Waals surface area contributed by atoms with Crippen LogP contribution < -0.4 is 11.1 Å². The Morgan fingerprint density at radius 1 is 1.10 bits per heavy atom. The van der Waals surface area contributed by atoms with E-state index in [2.05, 4.69) is 31.1 Å². The number of benzene rings is 2. The molecule has 1 heterocycles. The minimum atomic E-state index is -0.521. The van der Waals surface area contributed by atoms with E-state index in [4.69, 9.17) is 10.5 Å². The molecule has 150 valence electrons. The topological polar surface area (TPSA) is 94.3 Å². The molecule has 2 aromatic carbocycles. The van der Waals surface area contributed by atoms with E-state index >= 15 is 0 Å². The van der Waals surface area contributed by atoms with Crippen molar-refractivity contribution in [2.45, 2.75) is 33.1 Å². The number of hydrogen-bond acceptors (Lipinski definition) is 5. The van der Waals surface area contributed by atoms with E-state index in [1.165, 1.54) is 6.20 Å². The zero-order chi connectivity index (χ0) is 21.2. The lowest BCUT2D eigenvalue weighted by atomic mass is 9.87. The van der Waals surface area contributed by atoms with Crippen molar-refractivity contribution in [2.75, 3.05) is 17.7 Å². The molecular formula is C23H25N3O3. The van der Waals surface area contributed by atoms with Crippen LogP contribution in [0.3, 0.4) is 0 Å². The van der Waals surface area contributed by atoms with Crippen LogP contribution >= 0.6 is 0 Å². The van der Waals surface area contributed by atoms with Gasteiger partial charge in [0.2, 0.25) is 0 Å². The Labute approximate surface area is 170 Å². The van der Waals surface area contributed by atoms with Gasteiger partial charge in [-0.15, -0.1) is 0 Å². The number of hydrogen-bond donors (Lipinski definition) is 2. The van der Waals surface area contributed by atoms with Gasteiger partial charge in [0.05, 0.1) is 17.8 Å². The van der Waals surface area contributed by atoms with Crippen LogP contribution in [0.1, 0.15) is 54.0 Å². The molecule has 0 saturated heterocycles. The van der Waals surface area contributed by atoms with Gasteiger partial charge in [0.15, 0.2) is 0 Å². The maximum absolute atomic E-state index is 12.6. The van der Waals surface area contributed by atoms with Gasteiger partial charge in [-0.3, -0.25) is 9.78 Å². The highest BCUT2D eigenvalue weighted by molar-refractivity contribution is 6.08. The van der Waals surface area contributed by atoms with Gasteiger partial charge in [-0.25, -0.2) is 4.79 Å². The standard InChI is InChI=1S/C23H25N3O3/c1-5-29-22(28)18-13-25-19-11-10-16(12-17(19)20(18)24)26-21(27)14-6-8-15(9-7-14)23(2,3)4/h6-13H,5H2,1-4H3,(H2,24,25)(H,26,27). The van der Waals surface area contributed by atoms with Crippen molar-refractivity contribution in [3.8, 4) is 0 Å². The predicted molar refractivity (Wildman–Crippen MR) is 115 cm³/mol. The van der Waals surface area contributed by atoms with Gasteiger partial charge in [-0.2, -0.15) is 0 Å². The second kappa shape index (κ2) is 7.91. The third-order valence-corrected chi connectivity index (χ3v) is 4.68. The Hall–Kier alpha value is -3.41. The molecule has 0 saturated carbocycles. The number of rotatable bonds is 4. The summed E-state index contributed by atoms with van der Waals surface area (Å²) in [6.07, 6.45) is 1.41. The van der Waals surface area contributed by atoms with E-state index in [-0.39, 0.29) is 29.2 Å². The van der Waals surface area contributed by atoms with Crippen LogP contribution in [0.5, 0.6) is 0 Å². The highest BCUT2D eigenvalue weighted by Gasteiger charge is 2.16. The molecule has 1 aromatic heterocycles. The molecule has 0 bridgehead atoms. The van der Waals surface area contributed by atoms with Crippen molar-refractivity contribution in [2.24, 2.45) is 0 Å². The lowest BCUT2D eigenvalue weighted by Gasteiger charge is -2.19. The Bertz CT molecular complexity index is 1070. The van der Waals surface area contributed by atoms with E-state index < -0.39 is 5.97 Å². The fraction of sp³-hybridized carbons (Fsp3) is 0.261. The second-order valence-corrected chi connectivity index (χ2v) is 7.82. The summed E-state index contributed by atoms with van der Waals surface area (Å²) in [6.45, 7) is 8.35. The highest BCUT2D eigenvalue weighted by atomic mass is 16.5. The molecule has 0 fully saturated rings. The minimum absolute atomic E-state index is 0.0223. The zero-order valence-electron chi connectivity index (χ0n) is 17.1. The molecule has 1 amide bonds. The molecule has 0 aliphatic heterocycles. The summed E-state index contributed by atoms with van der Waals surface area (Å²) in [5.74, 6) is -0.745. The summed E-state index contributed by atoms with van der Waals surface area (Å²) in [6, 6.07) is 12.8. The molecule has 0 radical (unpaired) electrons. The van der Waals surface area contributed by atoms with Crippen molar-refractivity contribution < 1.29 is 14.3 Å². The minimum Gasteiger partial charge on any atom is -0.462 e. The number of nitrogens with one attached hydrogen (secondary N) is 1. The molecular weight excluding hydrogens is 366 g/mol. The molecule has 0 atom stereocenters. The van der Waals surface area contributed by atoms with Gasteiger partial charge in [-0.05, 0) is 48.2 Å². The molecule has 6 nitrogen and oxygen atoms in total. The predicted octanol–water partition coefficient (Wildman–Crippen LogP) is 4.54. The molecule has 0 aliphatic carbocycles. The number of ether oxygens (including phenoxy) is 1. The monoisotopic (exact) mass is 391 g/mol. The van der Waals surface area contributed by atoms with E-state index in [0.717, 1.165) is 5.56 Å². The van der Waals surface area contributed by atoms with Crippen molar-refractivity contribution in [1.29, 1.82) is 0 Å². The molecule has 0 unspecified atom stereocenters. The number of nitrogens with zero attached hydrogens (tertiary/aromatic N) is 1. The lowest BCUT2D eigenvalue weighted by Crippen LogP contribution is -2.14. The fourth-order valence-electron chi connectivity index (χ4n) is 2.99. The SMILES string of the molecule is CCOC(=O)c1cnc2ccc(NC(=O)c3ccc(C(C)(C)C)cc3)cc2c1N. The second-order valence-electron chi connectivity index (χ2n) is 7.82. The normalized spacial score (nSPS) is 11.3. The van der Waals surface area contributed by atoms with Crippen molar-refractivity contribution in [1.82, 2.24) is 4.98 Å². The number of aromatic nitrogens is 1. The highest BCUT2D eigenvalue weighted by Crippen LogP contribution is 2.27. The van der Waals surface area contributed by atoms with E-state index in [1.54, 1.807) is 25.1 Å². The molecule has 3 aromatic rings. The number of carbonyl (C=O) groups excluding carboxylic acids is 2. The van der Waals surface area contributed by atoms with Crippen molar-refractivity contribution in [3.05, 3.63) is 65.4 Å². The molecule has 6 heteroatoms. The zero-order valence-corrected chi connectivity index (χ0v) is 17.1. The maximum atomic E-state index is 12.6. The quantitative estimate of drug-likeness (QED) is 0.637. The number of fused-ring (bicyclic) bond motifs is 1. The average Bonchev–Trinajstić information content (AvgIpc) is 2.68. The number of nitrogens with two attached hydrogens (primary N) is 1. The third kappa shape index (κ3) is 4.37. The van der Waals surface area contributed by atoms with Crippen molar-refractivity contribution in [3.63, 3.8) is 0 Å². The first-order chi connectivity index (χ1) is 13.7. The Morgan fingerprint density at radius 2 is 1.79 bits per heavy atom. The molecule has 3 rings (SSSR count). The summed E-state index contributed by atoms with van der Waals surface area (Å²) in [4.78, 5) is 28.9. The summed E-state index contributed by atoms with van der Waals surface area (Å²) < 4.78 is 5.02. The van der Waals surface area contributed by atoms with Gasteiger partial charge < -0.3 is 15.8 Å². The van der Waals surface area contributed by atoms with E-state index in [1.807, 2.05) is 24.3 Å². The number of amides is 1. The summed E-state index contributed by atoms with van der Waals surface area (Å²) in [5.41, 5.74) is 9.58. The summed E-state index contributed by atoms with van der Waals surface area (Å²) in [5, 5.41) is 3.45. The number of anilines is 2. The number of esters is 1. The smallest absolute Gasteiger partial charge is 0.341 e. The molecule has 0 spiro atoms. The van der Waals surface area contributed by atoms with Crippen LogP contribution in [-0.2, 0) is 10.2 Å². The van der Waals surface area contributed by atoms with Crippen LogP contribution in [0, 0.1) is 0 Å². The van der Waals surface area contributed by atoms with E-state index in [0.29, 0.717) is 22.2 Å². The first-order valence-electron chi connectivity index (χ1n) is 9.48. The molecule has 3 N–H and O–H groups in total. The third-order valence-electron chi connectivity index (χ3n) is 4.68. The van der Waals surface area contributed by atoms with Crippen molar-refractivity contribution >= 4 is 34.2 Å². The summed E-state index contributed by atoms with van der Waals surface area (Å²) >= 11 is 0. The molecule has 0 aliphatic rings. The van der Waals surface area contributed by atoms with Crippen LogP contribution in [0.4, 0.5) is 11.4 Å². The lowest BCUT2D eigenvalue weighted by molar-refractivity contribution is 0.0527. The van der Waals surface area contributed by atoms with Gasteiger partial charge in [0.1, 0.15) is 5.56 Å². The van der Waals surface area contributed by atoms with Crippen LogP contribution in [-0.4, -0.2) is 23.5 Å². The Kier molecular flexibility index (Phi) is 5.55. The average molecular weight is 391 g/mol. The fourth-order valence-corrected chi connectivity index (χ4v) is 2.99. The first-order valence-corrected chi connectivity index (χ1v) is 9.48. The van der Waals surface area contributed by atoms with Gasteiger partial charge >= 0.3 is 5.97 Å². The first kappa shape index (κ1) is 20.3. The molecule has 29 heavy (non-hydrogen) atoms. The maximum Gasteiger partial charge on any atom is 0.341 e. The van der Waals surface area contributed by atoms with Crippen LogP contribution in [0.15, 0.2) is 48.7 Å². The van der Waals surface area contributed by atoms with Gasteiger partial charge in [0.25, 0.3) is 5.91 Å². The van der Waals surface area contributed by atoms with Gasteiger partial charge in [0, 0.05) is 22.8 Å². The number of carbonyl (C=O) groups is 2.